The fourth-order valence-electron chi connectivity index (χ4n) is 1.14. The molecule has 0 atom stereocenters. The van der Waals surface area contributed by atoms with Gasteiger partial charge in [0.15, 0.2) is 0 Å². The number of hydrogen-bond acceptors (Lipinski definition) is 5. The van der Waals surface area contributed by atoms with E-state index in [2.05, 4.69) is 17.0 Å². The lowest BCUT2D eigenvalue weighted by molar-refractivity contribution is 0.0495. The normalized spacial score (nSPS) is 11.4. The van der Waals surface area contributed by atoms with Crippen molar-refractivity contribution in [3.63, 3.8) is 0 Å². The van der Waals surface area contributed by atoms with E-state index < -0.39 is 11.7 Å². The van der Waals surface area contributed by atoms with Gasteiger partial charge in [-0.05, 0) is 27.7 Å². The Morgan fingerprint density at radius 1 is 1.42 bits per heavy atom. The second-order valence-electron chi connectivity index (χ2n) is 4.76. The Hall–Kier alpha value is -1.56. The van der Waals surface area contributed by atoms with E-state index in [1.54, 1.807) is 17.4 Å². The molecule has 110 valence electrons. The van der Waals surface area contributed by atoms with Crippen LogP contribution in [0.25, 0.3) is 0 Å². The molecule has 0 bridgehead atoms. The second-order valence-corrected chi connectivity index (χ2v) is 4.76. The molecule has 0 saturated heterocycles. The SMILES string of the molecule is C=CN(CCOCCNC(=O)OC(C)(C)C)/N=C\C. The molecular weight excluding hydrogens is 246 g/mol. The van der Waals surface area contributed by atoms with Gasteiger partial charge in [0.05, 0.1) is 19.8 Å². The highest BCUT2D eigenvalue weighted by atomic mass is 16.6. The summed E-state index contributed by atoms with van der Waals surface area (Å²) in [6, 6.07) is 0. The number of ether oxygens (including phenoxy) is 2. The Balaban J connectivity index is 3.55. The van der Waals surface area contributed by atoms with E-state index in [4.69, 9.17) is 9.47 Å². The first-order valence-electron chi connectivity index (χ1n) is 6.31. The molecule has 1 amide bonds. The molecule has 0 rings (SSSR count). The molecule has 19 heavy (non-hydrogen) atoms. The summed E-state index contributed by atoms with van der Waals surface area (Å²) in [5.41, 5.74) is -0.479. The average Bonchev–Trinajstić information content (AvgIpc) is 2.29. The molecule has 0 aliphatic carbocycles. The molecular formula is C13H25N3O3. The van der Waals surface area contributed by atoms with Gasteiger partial charge in [-0.1, -0.05) is 6.58 Å². The summed E-state index contributed by atoms with van der Waals surface area (Å²) in [5.74, 6) is 0. The number of amides is 1. The van der Waals surface area contributed by atoms with E-state index in [-0.39, 0.29) is 0 Å². The second kappa shape index (κ2) is 9.38. The molecule has 6 nitrogen and oxygen atoms in total. The highest BCUT2D eigenvalue weighted by molar-refractivity contribution is 5.67. The smallest absolute Gasteiger partial charge is 0.407 e. The average molecular weight is 271 g/mol. The van der Waals surface area contributed by atoms with Gasteiger partial charge < -0.3 is 14.8 Å². The van der Waals surface area contributed by atoms with Crippen LogP contribution in [0.1, 0.15) is 27.7 Å². The predicted molar refractivity (Wildman–Crippen MR) is 76.1 cm³/mol. The van der Waals surface area contributed by atoms with Crippen molar-refractivity contribution in [1.29, 1.82) is 0 Å². The minimum Gasteiger partial charge on any atom is -0.444 e. The Morgan fingerprint density at radius 3 is 2.63 bits per heavy atom. The van der Waals surface area contributed by atoms with Gasteiger partial charge in [-0.3, -0.25) is 5.01 Å². The van der Waals surface area contributed by atoms with Gasteiger partial charge in [0.2, 0.25) is 0 Å². The van der Waals surface area contributed by atoms with Gasteiger partial charge in [0, 0.05) is 19.0 Å². The summed E-state index contributed by atoms with van der Waals surface area (Å²) >= 11 is 0. The number of hydrazone groups is 1. The summed E-state index contributed by atoms with van der Waals surface area (Å²) < 4.78 is 10.4. The molecule has 0 fully saturated rings. The van der Waals surface area contributed by atoms with Crippen LogP contribution in [-0.4, -0.2) is 49.2 Å². The summed E-state index contributed by atoms with van der Waals surface area (Å²) in [6.07, 6.45) is 2.88. The maximum Gasteiger partial charge on any atom is 0.407 e. The Kier molecular flexibility index (Phi) is 8.61. The summed E-state index contributed by atoms with van der Waals surface area (Å²) in [6.45, 7) is 12.9. The molecule has 0 spiro atoms. The first-order chi connectivity index (χ1) is 8.89. The third-order valence-electron chi connectivity index (χ3n) is 1.85. The van der Waals surface area contributed by atoms with Crippen LogP contribution in [0.15, 0.2) is 17.9 Å². The van der Waals surface area contributed by atoms with Crippen LogP contribution in [0.5, 0.6) is 0 Å². The van der Waals surface area contributed by atoms with Crippen molar-refractivity contribution in [3.8, 4) is 0 Å². The quantitative estimate of drug-likeness (QED) is 0.416. The van der Waals surface area contributed by atoms with Crippen molar-refractivity contribution in [3.05, 3.63) is 12.8 Å². The zero-order chi connectivity index (χ0) is 14.7. The standard InChI is InChI=1S/C13H25N3O3/c1-6-15-16(7-2)9-11-18-10-8-14-12(17)19-13(3,4)5/h6-7H,2,8-11H2,1,3-5H3,(H,14,17)/b15-6-. The maximum atomic E-state index is 11.3. The van der Waals surface area contributed by atoms with Crippen molar-refractivity contribution >= 4 is 12.3 Å². The Bertz CT molecular complexity index is 298. The Labute approximate surface area is 115 Å². The zero-order valence-corrected chi connectivity index (χ0v) is 12.3. The minimum absolute atomic E-state index is 0.417. The molecule has 0 aromatic heterocycles. The minimum atomic E-state index is -0.479. The topological polar surface area (TPSA) is 63.2 Å². The summed E-state index contributed by atoms with van der Waals surface area (Å²) in [5, 5.41) is 8.35. The van der Waals surface area contributed by atoms with Crippen molar-refractivity contribution in [2.24, 2.45) is 5.10 Å². The van der Waals surface area contributed by atoms with Gasteiger partial charge in [-0.15, -0.1) is 0 Å². The molecule has 1 N–H and O–H groups in total. The lowest BCUT2D eigenvalue weighted by Gasteiger charge is -2.19. The van der Waals surface area contributed by atoms with Crippen LogP contribution >= 0.6 is 0 Å². The van der Waals surface area contributed by atoms with Crippen molar-refractivity contribution < 1.29 is 14.3 Å². The van der Waals surface area contributed by atoms with Crippen LogP contribution < -0.4 is 5.32 Å². The number of hydrogen-bond donors (Lipinski definition) is 1. The fraction of sp³-hybridized carbons (Fsp3) is 0.692. The molecule has 0 saturated carbocycles. The van der Waals surface area contributed by atoms with E-state index in [9.17, 15) is 4.79 Å². The number of carbonyl (C=O) groups is 1. The first kappa shape index (κ1) is 17.4. The summed E-state index contributed by atoms with van der Waals surface area (Å²) in [4.78, 5) is 11.3. The molecule has 0 heterocycles. The monoisotopic (exact) mass is 271 g/mol. The van der Waals surface area contributed by atoms with Crippen LogP contribution in [-0.2, 0) is 9.47 Å². The highest BCUT2D eigenvalue weighted by Crippen LogP contribution is 2.05. The van der Waals surface area contributed by atoms with E-state index in [0.717, 1.165) is 0 Å². The number of nitrogens with one attached hydrogen (secondary N) is 1. The van der Waals surface area contributed by atoms with Gasteiger partial charge in [0.25, 0.3) is 0 Å². The Morgan fingerprint density at radius 2 is 2.11 bits per heavy atom. The lowest BCUT2D eigenvalue weighted by Crippen LogP contribution is -2.34. The van der Waals surface area contributed by atoms with Gasteiger partial charge in [-0.2, -0.15) is 5.10 Å². The molecule has 0 aromatic carbocycles. The molecule has 0 radical (unpaired) electrons. The van der Waals surface area contributed by atoms with Crippen molar-refractivity contribution in [2.45, 2.75) is 33.3 Å². The highest BCUT2D eigenvalue weighted by Gasteiger charge is 2.15. The van der Waals surface area contributed by atoms with Crippen LogP contribution in [0, 0.1) is 0 Å². The lowest BCUT2D eigenvalue weighted by atomic mass is 10.2. The number of rotatable bonds is 8. The van der Waals surface area contributed by atoms with E-state index >= 15 is 0 Å². The first-order valence-corrected chi connectivity index (χ1v) is 6.31. The van der Waals surface area contributed by atoms with Gasteiger partial charge in [0.1, 0.15) is 5.60 Å². The molecule has 0 aromatic rings. The van der Waals surface area contributed by atoms with Crippen LogP contribution in [0.2, 0.25) is 0 Å². The number of nitrogens with zero attached hydrogens (tertiary/aromatic N) is 2. The largest absolute Gasteiger partial charge is 0.444 e. The molecule has 0 unspecified atom stereocenters. The van der Waals surface area contributed by atoms with Crippen molar-refractivity contribution in [2.75, 3.05) is 26.3 Å². The fourth-order valence-corrected chi connectivity index (χ4v) is 1.14. The maximum absolute atomic E-state index is 11.3. The van der Waals surface area contributed by atoms with E-state index in [1.807, 2.05) is 27.7 Å². The third-order valence-corrected chi connectivity index (χ3v) is 1.85. The molecule has 0 aliphatic heterocycles. The number of carbonyl (C=O) groups excluding carboxylic acids is 1. The van der Waals surface area contributed by atoms with Crippen LogP contribution in [0.3, 0.4) is 0 Å². The number of alkyl carbamates (subject to hydrolysis) is 1. The molecule has 6 heteroatoms. The third kappa shape index (κ3) is 11.3. The zero-order valence-electron chi connectivity index (χ0n) is 12.3. The van der Waals surface area contributed by atoms with E-state index in [0.29, 0.717) is 26.3 Å². The predicted octanol–water partition coefficient (Wildman–Crippen LogP) is 1.98. The van der Waals surface area contributed by atoms with Crippen molar-refractivity contribution in [1.82, 2.24) is 10.3 Å². The van der Waals surface area contributed by atoms with E-state index in [1.165, 1.54) is 0 Å². The van der Waals surface area contributed by atoms with Gasteiger partial charge >= 0.3 is 6.09 Å². The van der Waals surface area contributed by atoms with Crippen LogP contribution in [0.4, 0.5) is 4.79 Å². The molecule has 0 aliphatic rings. The summed E-state index contributed by atoms with van der Waals surface area (Å²) in [7, 11) is 0. The van der Waals surface area contributed by atoms with Gasteiger partial charge in [-0.25, -0.2) is 4.79 Å².